The third-order valence-corrected chi connectivity index (χ3v) is 3.23. The smallest absolute Gasteiger partial charge is 0.228 e. The van der Waals surface area contributed by atoms with Crippen molar-refractivity contribution in [3.8, 4) is 11.5 Å². The van der Waals surface area contributed by atoms with E-state index in [1.807, 2.05) is 55.5 Å². The van der Waals surface area contributed by atoms with Crippen molar-refractivity contribution in [1.29, 1.82) is 0 Å². The quantitative estimate of drug-likeness (QED) is 0.854. The van der Waals surface area contributed by atoms with Gasteiger partial charge in [-0.25, -0.2) is 0 Å². The fraction of sp³-hybridized carbons (Fsp3) is 0.235. The maximum atomic E-state index is 12.0. The van der Waals surface area contributed by atoms with Gasteiger partial charge in [-0.15, -0.1) is 0 Å². The first kappa shape index (κ1) is 15.1. The number of nitrogens with two attached hydrogens (primary N) is 1. The average Bonchev–Trinajstić information content (AvgIpc) is 2.50. The minimum atomic E-state index is -0.163. The topological polar surface area (TPSA) is 64.4 Å². The van der Waals surface area contributed by atoms with Gasteiger partial charge in [-0.2, -0.15) is 0 Å². The second kappa shape index (κ2) is 7.45. The summed E-state index contributed by atoms with van der Waals surface area (Å²) in [6.07, 6.45) is 0.725. The van der Waals surface area contributed by atoms with Crippen molar-refractivity contribution in [3.05, 3.63) is 54.6 Å². The van der Waals surface area contributed by atoms with Crippen molar-refractivity contribution in [3.63, 3.8) is 0 Å². The van der Waals surface area contributed by atoms with Crippen molar-refractivity contribution >= 4 is 11.6 Å². The monoisotopic (exact) mass is 284 g/mol. The number of carbonyl (C=O) groups excluding carboxylic acids is 1. The fourth-order valence-electron chi connectivity index (χ4n) is 1.97. The molecule has 2 aromatic carbocycles. The summed E-state index contributed by atoms with van der Waals surface area (Å²) in [5.74, 6) is 1.22. The summed E-state index contributed by atoms with van der Waals surface area (Å²) in [6.45, 7) is 2.30. The summed E-state index contributed by atoms with van der Waals surface area (Å²) in [4.78, 5) is 12.0. The third kappa shape index (κ3) is 4.33. The number of benzene rings is 2. The molecule has 0 aliphatic heterocycles. The van der Waals surface area contributed by atoms with E-state index in [2.05, 4.69) is 5.32 Å². The van der Waals surface area contributed by atoms with E-state index in [-0.39, 0.29) is 11.8 Å². The summed E-state index contributed by atoms with van der Waals surface area (Å²) < 4.78 is 5.74. The predicted octanol–water partition coefficient (Wildman–Crippen LogP) is 3.40. The van der Waals surface area contributed by atoms with Crippen LogP contribution in [-0.2, 0) is 4.79 Å². The Morgan fingerprint density at radius 1 is 1.14 bits per heavy atom. The lowest BCUT2D eigenvalue weighted by molar-refractivity contribution is -0.119. The van der Waals surface area contributed by atoms with Gasteiger partial charge in [0.1, 0.15) is 11.5 Å². The van der Waals surface area contributed by atoms with Gasteiger partial charge in [0.15, 0.2) is 0 Å². The highest BCUT2D eigenvalue weighted by molar-refractivity contribution is 5.92. The molecule has 0 spiro atoms. The van der Waals surface area contributed by atoms with Gasteiger partial charge in [0.25, 0.3) is 0 Å². The van der Waals surface area contributed by atoms with Crippen LogP contribution in [-0.4, -0.2) is 12.5 Å². The number of para-hydroxylation sites is 1. The molecule has 2 aromatic rings. The van der Waals surface area contributed by atoms with E-state index in [9.17, 15) is 4.79 Å². The van der Waals surface area contributed by atoms with E-state index >= 15 is 0 Å². The van der Waals surface area contributed by atoms with E-state index in [0.717, 1.165) is 12.2 Å². The number of hydrogen-bond acceptors (Lipinski definition) is 3. The fourth-order valence-corrected chi connectivity index (χ4v) is 1.97. The molecule has 0 fully saturated rings. The van der Waals surface area contributed by atoms with Crippen LogP contribution in [0.25, 0.3) is 0 Å². The van der Waals surface area contributed by atoms with Crippen LogP contribution in [0.4, 0.5) is 5.69 Å². The molecule has 4 nitrogen and oxygen atoms in total. The van der Waals surface area contributed by atoms with Crippen LogP contribution in [0.5, 0.6) is 11.5 Å². The summed E-state index contributed by atoms with van der Waals surface area (Å²) in [5, 5.41) is 2.87. The molecule has 2 rings (SSSR count). The van der Waals surface area contributed by atoms with E-state index in [1.165, 1.54) is 0 Å². The number of ether oxygens (including phenoxy) is 1. The predicted molar refractivity (Wildman–Crippen MR) is 84.4 cm³/mol. The van der Waals surface area contributed by atoms with Gasteiger partial charge >= 0.3 is 0 Å². The number of rotatable bonds is 6. The average molecular weight is 284 g/mol. The van der Waals surface area contributed by atoms with Crippen LogP contribution in [0.2, 0.25) is 0 Å². The summed E-state index contributed by atoms with van der Waals surface area (Å²) >= 11 is 0. The Labute approximate surface area is 124 Å². The lowest BCUT2D eigenvalue weighted by Crippen LogP contribution is -2.28. The first-order valence-electron chi connectivity index (χ1n) is 7.06. The standard InChI is InChI=1S/C17H20N2O2/c1-2-13(12-18)17(20)19-14-7-6-10-16(11-14)21-15-8-4-3-5-9-15/h3-11,13H,2,12,18H2,1H3,(H,19,20). The molecule has 0 radical (unpaired) electrons. The van der Waals surface area contributed by atoms with Crippen LogP contribution < -0.4 is 15.8 Å². The summed E-state index contributed by atoms with van der Waals surface area (Å²) in [6, 6.07) is 16.8. The number of hydrogen-bond donors (Lipinski definition) is 2. The highest BCUT2D eigenvalue weighted by Gasteiger charge is 2.14. The SMILES string of the molecule is CCC(CN)C(=O)Nc1cccc(Oc2ccccc2)c1. The molecular weight excluding hydrogens is 264 g/mol. The van der Waals surface area contributed by atoms with Crippen molar-refractivity contribution < 1.29 is 9.53 Å². The molecule has 110 valence electrons. The number of carbonyl (C=O) groups is 1. The molecule has 0 saturated heterocycles. The zero-order valence-electron chi connectivity index (χ0n) is 12.1. The molecule has 0 saturated carbocycles. The normalized spacial score (nSPS) is 11.7. The van der Waals surface area contributed by atoms with E-state index in [0.29, 0.717) is 18.0 Å². The van der Waals surface area contributed by atoms with Crippen LogP contribution in [0, 0.1) is 5.92 Å². The zero-order valence-corrected chi connectivity index (χ0v) is 12.1. The molecule has 0 aliphatic rings. The molecular formula is C17H20N2O2. The Bertz CT molecular complexity index is 580. The molecule has 1 unspecified atom stereocenters. The second-order valence-corrected chi connectivity index (χ2v) is 4.77. The largest absolute Gasteiger partial charge is 0.457 e. The Morgan fingerprint density at radius 3 is 2.52 bits per heavy atom. The molecule has 0 bridgehead atoms. The molecule has 0 aliphatic carbocycles. The lowest BCUT2D eigenvalue weighted by Gasteiger charge is -2.13. The first-order valence-corrected chi connectivity index (χ1v) is 7.06. The number of amides is 1. The van der Waals surface area contributed by atoms with Crippen molar-refractivity contribution in [2.75, 3.05) is 11.9 Å². The van der Waals surface area contributed by atoms with Gasteiger partial charge in [0.05, 0.1) is 5.92 Å². The maximum Gasteiger partial charge on any atom is 0.228 e. The van der Waals surface area contributed by atoms with Crippen LogP contribution in [0.1, 0.15) is 13.3 Å². The van der Waals surface area contributed by atoms with E-state index in [4.69, 9.17) is 10.5 Å². The van der Waals surface area contributed by atoms with Crippen molar-refractivity contribution in [2.45, 2.75) is 13.3 Å². The second-order valence-electron chi connectivity index (χ2n) is 4.77. The maximum absolute atomic E-state index is 12.0. The molecule has 21 heavy (non-hydrogen) atoms. The minimum absolute atomic E-state index is 0.0585. The Kier molecular flexibility index (Phi) is 5.35. The van der Waals surface area contributed by atoms with Gasteiger partial charge in [0, 0.05) is 18.3 Å². The third-order valence-electron chi connectivity index (χ3n) is 3.23. The first-order chi connectivity index (χ1) is 10.2. The van der Waals surface area contributed by atoms with Crippen LogP contribution in [0.3, 0.4) is 0 Å². The Hall–Kier alpha value is -2.33. The van der Waals surface area contributed by atoms with Gasteiger partial charge in [-0.1, -0.05) is 31.2 Å². The van der Waals surface area contributed by atoms with Crippen LogP contribution >= 0.6 is 0 Å². The minimum Gasteiger partial charge on any atom is -0.457 e. The molecule has 1 amide bonds. The van der Waals surface area contributed by atoms with Gasteiger partial charge in [-0.3, -0.25) is 4.79 Å². The lowest BCUT2D eigenvalue weighted by atomic mass is 10.1. The number of nitrogens with one attached hydrogen (secondary N) is 1. The van der Waals surface area contributed by atoms with Crippen molar-refractivity contribution in [1.82, 2.24) is 0 Å². The highest BCUT2D eigenvalue weighted by atomic mass is 16.5. The summed E-state index contributed by atoms with van der Waals surface area (Å²) in [5.41, 5.74) is 6.29. The molecule has 3 N–H and O–H groups in total. The molecule has 1 atom stereocenters. The highest BCUT2D eigenvalue weighted by Crippen LogP contribution is 2.24. The number of anilines is 1. The van der Waals surface area contributed by atoms with Gasteiger partial charge < -0.3 is 15.8 Å². The molecule has 4 heteroatoms. The Morgan fingerprint density at radius 2 is 1.86 bits per heavy atom. The molecule has 0 aromatic heterocycles. The van der Waals surface area contributed by atoms with Crippen LogP contribution in [0.15, 0.2) is 54.6 Å². The zero-order chi connectivity index (χ0) is 15.1. The van der Waals surface area contributed by atoms with Gasteiger partial charge in [0.2, 0.25) is 5.91 Å². The van der Waals surface area contributed by atoms with Gasteiger partial charge in [-0.05, 0) is 30.7 Å². The Balaban J connectivity index is 2.06. The van der Waals surface area contributed by atoms with Crippen molar-refractivity contribution in [2.24, 2.45) is 11.7 Å². The van der Waals surface area contributed by atoms with E-state index < -0.39 is 0 Å². The van der Waals surface area contributed by atoms with E-state index in [1.54, 1.807) is 6.07 Å². The summed E-state index contributed by atoms with van der Waals surface area (Å²) in [7, 11) is 0. The molecule has 0 heterocycles.